The number of rotatable bonds is 3. The number of amides is 1. The molecule has 1 amide bonds. The topological polar surface area (TPSA) is 76.2 Å². The van der Waals surface area contributed by atoms with Crippen molar-refractivity contribution in [1.82, 2.24) is 9.21 Å². The van der Waals surface area contributed by atoms with Crippen LogP contribution in [0.25, 0.3) is 0 Å². The first-order valence-corrected chi connectivity index (χ1v) is 11.7. The maximum absolute atomic E-state index is 13.6. The van der Waals surface area contributed by atoms with Crippen LogP contribution < -0.4 is 0 Å². The summed E-state index contributed by atoms with van der Waals surface area (Å²) in [6.45, 7) is 1.68. The summed E-state index contributed by atoms with van der Waals surface area (Å²) >= 11 is 0. The van der Waals surface area contributed by atoms with E-state index in [2.05, 4.69) is 0 Å². The van der Waals surface area contributed by atoms with Gasteiger partial charge in [-0.3, -0.25) is 4.79 Å². The van der Waals surface area contributed by atoms with Gasteiger partial charge in [0.25, 0.3) is 0 Å². The van der Waals surface area contributed by atoms with Crippen LogP contribution in [0.4, 0.5) is 4.39 Å². The highest BCUT2D eigenvalue weighted by Crippen LogP contribution is 2.31. The molecule has 3 heterocycles. The number of carbonyl (C=O) groups is 1. The van der Waals surface area contributed by atoms with E-state index < -0.39 is 21.9 Å². The quantitative estimate of drug-likeness (QED) is 0.716. The summed E-state index contributed by atoms with van der Waals surface area (Å²) in [5.41, 5.74) is 1.83. The van der Waals surface area contributed by atoms with Crippen LogP contribution in [0, 0.1) is 5.82 Å². The third-order valence-corrected chi connectivity index (χ3v) is 7.93. The number of ether oxygens (including phenoxy) is 2. The smallest absolute Gasteiger partial charge is 0.244 e. The number of hydrogen-bond donors (Lipinski definition) is 0. The number of carbonyl (C=O) groups excluding carboxylic acids is 1. The highest BCUT2D eigenvalue weighted by Gasteiger charge is 2.43. The second kappa shape index (κ2) is 7.98. The molecule has 7 nitrogen and oxygen atoms in total. The Kier molecular flexibility index (Phi) is 5.29. The van der Waals surface area contributed by atoms with Crippen LogP contribution in [0.3, 0.4) is 0 Å². The molecule has 0 aromatic heterocycles. The SMILES string of the molecule is O=C(C1Cc2ccccc2CN1S(=O)(=O)c1ccc(F)cc1)N1CC2COCC(C1)O2. The Bertz CT molecular complexity index is 1080. The fraction of sp³-hybridized carbons (Fsp3) is 0.409. The minimum absolute atomic E-state index is 0.0293. The Morgan fingerprint density at radius 1 is 0.968 bits per heavy atom. The van der Waals surface area contributed by atoms with E-state index in [1.165, 1.54) is 16.4 Å². The molecule has 2 aromatic carbocycles. The van der Waals surface area contributed by atoms with E-state index >= 15 is 0 Å². The van der Waals surface area contributed by atoms with Crippen molar-refractivity contribution in [2.45, 2.75) is 36.1 Å². The first kappa shape index (κ1) is 20.6. The highest BCUT2D eigenvalue weighted by atomic mass is 32.2. The maximum atomic E-state index is 13.6. The molecule has 3 aliphatic rings. The van der Waals surface area contributed by atoms with Crippen LogP contribution >= 0.6 is 0 Å². The number of nitrogens with zero attached hydrogens (tertiary/aromatic N) is 2. The van der Waals surface area contributed by atoms with Crippen LogP contribution in [-0.4, -0.2) is 68.1 Å². The van der Waals surface area contributed by atoms with Crippen molar-refractivity contribution >= 4 is 15.9 Å². The lowest BCUT2D eigenvalue weighted by atomic mass is 9.95. The summed E-state index contributed by atoms with van der Waals surface area (Å²) in [5, 5.41) is 0. The minimum atomic E-state index is -4.01. The van der Waals surface area contributed by atoms with E-state index in [1.54, 1.807) is 4.90 Å². The van der Waals surface area contributed by atoms with Crippen molar-refractivity contribution in [2.24, 2.45) is 0 Å². The molecule has 5 rings (SSSR count). The van der Waals surface area contributed by atoms with Gasteiger partial charge in [-0.05, 0) is 41.8 Å². The summed E-state index contributed by atoms with van der Waals surface area (Å²) in [5.74, 6) is -0.752. The molecule has 164 valence electrons. The van der Waals surface area contributed by atoms with Gasteiger partial charge in [0.2, 0.25) is 15.9 Å². The van der Waals surface area contributed by atoms with Gasteiger partial charge in [0.05, 0.1) is 30.3 Å². The summed E-state index contributed by atoms with van der Waals surface area (Å²) < 4.78 is 53.0. The summed E-state index contributed by atoms with van der Waals surface area (Å²) in [6, 6.07) is 11.4. The molecular weight excluding hydrogens is 423 g/mol. The number of morpholine rings is 1. The van der Waals surface area contributed by atoms with E-state index in [1.807, 2.05) is 24.3 Å². The molecule has 3 unspecified atom stereocenters. The molecule has 2 saturated heterocycles. The molecule has 2 aromatic rings. The number of benzene rings is 2. The van der Waals surface area contributed by atoms with Gasteiger partial charge in [-0.2, -0.15) is 4.31 Å². The molecular formula is C22H23FN2O5S. The van der Waals surface area contributed by atoms with E-state index in [9.17, 15) is 17.6 Å². The Morgan fingerprint density at radius 2 is 1.61 bits per heavy atom. The molecule has 3 atom stereocenters. The van der Waals surface area contributed by atoms with Gasteiger partial charge < -0.3 is 14.4 Å². The van der Waals surface area contributed by atoms with Gasteiger partial charge in [0.15, 0.2) is 0 Å². The monoisotopic (exact) mass is 446 g/mol. The highest BCUT2D eigenvalue weighted by molar-refractivity contribution is 7.89. The van der Waals surface area contributed by atoms with Crippen molar-refractivity contribution in [1.29, 1.82) is 0 Å². The van der Waals surface area contributed by atoms with Crippen molar-refractivity contribution in [2.75, 3.05) is 26.3 Å². The van der Waals surface area contributed by atoms with E-state index in [-0.39, 0.29) is 29.6 Å². The van der Waals surface area contributed by atoms with Gasteiger partial charge in [-0.25, -0.2) is 12.8 Å². The fourth-order valence-electron chi connectivity index (χ4n) is 4.53. The zero-order chi connectivity index (χ0) is 21.6. The molecule has 0 N–H and O–H groups in total. The third-order valence-electron chi connectivity index (χ3n) is 6.06. The van der Waals surface area contributed by atoms with Gasteiger partial charge >= 0.3 is 0 Å². The molecule has 2 bridgehead atoms. The lowest BCUT2D eigenvalue weighted by Crippen LogP contribution is -2.60. The molecule has 2 fully saturated rings. The van der Waals surface area contributed by atoms with Gasteiger partial charge in [-0.15, -0.1) is 0 Å². The van der Waals surface area contributed by atoms with Crippen molar-refractivity contribution < 1.29 is 27.1 Å². The molecule has 31 heavy (non-hydrogen) atoms. The third kappa shape index (κ3) is 3.87. The molecule has 0 spiro atoms. The van der Waals surface area contributed by atoms with Crippen LogP contribution in [0.1, 0.15) is 11.1 Å². The standard InChI is InChI=1S/C22H23FN2O5S/c23-17-5-7-20(8-6-17)31(27,28)25-10-16-4-2-1-3-15(16)9-21(25)22(26)24-11-18-13-29-14-19(12-24)30-18/h1-8,18-19,21H,9-14H2. The Labute approximate surface area is 180 Å². The zero-order valence-corrected chi connectivity index (χ0v) is 17.6. The summed E-state index contributed by atoms with van der Waals surface area (Å²) in [4.78, 5) is 15.3. The maximum Gasteiger partial charge on any atom is 0.244 e. The largest absolute Gasteiger partial charge is 0.376 e. The van der Waals surface area contributed by atoms with E-state index in [0.717, 1.165) is 23.3 Å². The summed E-state index contributed by atoms with van der Waals surface area (Å²) in [6.07, 6.45) is -0.109. The average Bonchev–Trinajstić information content (AvgIpc) is 2.77. The van der Waals surface area contributed by atoms with Crippen LogP contribution in [0.2, 0.25) is 0 Å². The number of sulfonamides is 1. The molecule has 0 saturated carbocycles. The van der Waals surface area contributed by atoms with Gasteiger partial charge in [-0.1, -0.05) is 24.3 Å². The normalized spacial score (nSPS) is 26.4. The lowest BCUT2D eigenvalue weighted by Gasteiger charge is -2.44. The Balaban J connectivity index is 1.50. The molecule has 0 radical (unpaired) electrons. The minimum Gasteiger partial charge on any atom is -0.376 e. The Hall–Kier alpha value is -2.33. The molecule has 0 aliphatic carbocycles. The second-order valence-corrected chi connectivity index (χ2v) is 10.0. The van der Waals surface area contributed by atoms with E-state index in [4.69, 9.17) is 9.47 Å². The number of halogens is 1. The first-order valence-electron chi connectivity index (χ1n) is 10.3. The zero-order valence-electron chi connectivity index (χ0n) is 16.8. The molecule has 9 heteroatoms. The van der Waals surface area contributed by atoms with Crippen molar-refractivity contribution in [3.8, 4) is 0 Å². The van der Waals surface area contributed by atoms with Gasteiger partial charge in [0.1, 0.15) is 11.9 Å². The number of hydrogen-bond acceptors (Lipinski definition) is 5. The van der Waals surface area contributed by atoms with Crippen molar-refractivity contribution in [3.05, 3.63) is 65.5 Å². The fourth-order valence-corrected chi connectivity index (χ4v) is 6.09. The molecule has 3 aliphatic heterocycles. The first-order chi connectivity index (χ1) is 14.9. The predicted molar refractivity (Wildman–Crippen MR) is 109 cm³/mol. The Morgan fingerprint density at radius 3 is 2.29 bits per heavy atom. The van der Waals surface area contributed by atoms with Crippen LogP contribution in [0.5, 0.6) is 0 Å². The van der Waals surface area contributed by atoms with Crippen LogP contribution in [-0.2, 0) is 37.3 Å². The van der Waals surface area contributed by atoms with Gasteiger partial charge in [0, 0.05) is 19.6 Å². The van der Waals surface area contributed by atoms with E-state index in [0.29, 0.717) is 32.7 Å². The number of fused-ring (bicyclic) bond motifs is 3. The van der Waals surface area contributed by atoms with Crippen LogP contribution in [0.15, 0.2) is 53.4 Å². The lowest BCUT2D eigenvalue weighted by molar-refractivity contribution is -0.187. The second-order valence-electron chi connectivity index (χ2n) is 8.15. The van der Waals surface area contributed by atoms with Crippen molar-refractivity contribution in [3.63, 3.8) is 0 Å². The predicted octanol–water partition coefficient (Wildman–Crippen LogP) is 1.57. The average molecular weight is 447 g/mol. The summed E-state index contributed by atoms with van der Waals surface area (Å²) in [7, 11) is -4.01.